The van der Waals surface area contributed by atoms with Crippen molar-refractivity contribution in [1.82, 2.24) is 0 Å². The van der Waals surface area contributed by atoms with Gasteiger partial charge in [-0.25, -0.2) is 0 Å². The van der Waals surface area contributed by atoms with Crippen LogP contribution < -0.4 is 0 Å². The topological polar surface area (TPSA) is 25.1 Å². The van der Waals surface area contributed by atoms with Crippen LogP contribution in [0.25, 0.3) is 0 Å². The highest BCUT2D eigenvalue weighted by molar-refractivity contribution is 5.34. The van der Waals surface area contributed by atoms with Crippen LogP contribution in [0, 0.1) is 10.8 Å². The minimum Gasteiger partial charge on any atom is -0.303 e. The second-order valence-electron chi connectivity index (χ2n) is 7.34. The molecule has 0 bridgehead atoms. The minimum absolute atomic E-state index is 0.179. The Morgan fingerprint density at radius 2 is 1.71 bits per heavy atom. The molecule has 0 spiro atoms. The average molecular weight is 234 g/mol. The van der Waals surface area contributed by atoms with Gasteiger partial charge in [0.15, 0.2) is 0 Å². The molecule has 4 aliphatic rings. The Hall–Kier alpha value is -0.340. The van der Waals surface area contributed by atoms with E-state index in [0.717, 1.165) is 6.42 Å². The molecule has 94 valence electrons. The van der Waals surface area contributed by atoms with Crippen LogP contribution in [-0.2, 0) is 9.47 Å². The van der Waals surface area contributed by atoms with Gasteiger partial charge in [0.05, 0.1) is 0 Å². The molecule has 2 heteroatoms. The van der Waals surface area contributed by atoms with E-state index in [4.69, 9.17) is 9.47 Å². The SMILES string of the molecule is CC1(CC2(C)CCCCC2)C=CC23OC2(C1)O3. The van der Waals surface area contributed by atoms with Crippen LogP contribution in [0.3, 0.4) is 0 Å². The van der Waals surface area contributed by atoms with E-state index in [9.17, 15) is 0 Å². The van der Waals surface area contributed by atoms with Gasteiger partial charge in [0.2, 0.25) is 11.6 Å². The summed E-state index contributed by atoms with van der Waals surface area (Å²) < 4.78 is 11.3. The molecule has 0 N–H and O–H groups in total. The van der Waals surface area contributed by atoms with Crippen molar-refractivity contribution in [1.29, 1.82) is 0 Å². The van der Waals surface area contributed by atoms with Gasteiger partial charge in [0, 0.05) is 6.42 Å². The van der Waals surface area contributed by atoms with Gasteiger partial charge < -0.3 is 9.47 Å². The fourth-order valence-corrected chi connectivity index (χ4v) is 4.42. The molecule has 3 fully saturated rings. The maximum Gasteiger partial charge on any atom is 0.249 e. The highest BCUT2D eigenvalue weighted by Gasteiger charge is 2.91. The maximum absolute atomic E-state index is 5.65. The highest BCUT2D eigenvalue weighted by atomic mass is 17.0. The predicted octanol–water partition coefficient (Wildman–Crippen LogP) is 3.77. The molecule has 0 aromatic heterocycles. The van der Waals surface area contributed by atoms with Gasteiger partial charge in [0.25, 0.3) is 0 Å². The number of rotatable bonds is 2. The van der Waals surface area contributed by atoms with E-state index in [1.54, 1.807) is 0 Å². The molecule has 2 heterocycles. The number of allylic oxidation sites excluding steroid dienone is 1. The summed E-state index contributed by atoms with van der Waals surface area (Å²) in [6.07, 6.45) is 14.0. The lowest BCUT2D eigenvalue weighted by molar-refractivity contribution is -0.0873. The Balaban J connectivity index is 1.51. The first-order chi connectivity index (χ1) is 7.99. The number of ether oxygens (including phenoxy) is 2. The second kappa shape index (κ2) is 2.80. The Kier molecular flexibility index (Phi) is 1.74. The zero-order valence-corrected chi connectivity index (χ0v) is 10.9. The van der Waals surface area contributed by atoms with E-state index in [1.165, 1.54) is 38.5 Å². The summed E-state index contributed by atoms with van der Waals surface area (Å²) in [5, 5.41) is 0. The van der Waals surface area contributed by atoms with Crippen molar-refractivity contribution in [3.63, 3.8) is 0 Å². The third-order valence-corrected chi connectivity index (χ3v) is 5.31. The Bertz CT molecular complexity index is 386. The summed E-state index contributed by atoms with van der Waals surface area (Å²) in [5.74, 6) is -0.429. The Morgan fingerprint density at radius 3 is 2.35 bits per heavy atom. The molecule has 2 saturated heterocycles. The van der Waals surface area contributed by atoms with Gasteiger partial charge in [-0.3, -0.25) is 0 Å². The number of hydrogen-bond donors (Lipinski definition) is 0. The lowest BCUT2D eigenvalue weighted by Crippen LogP contribution is -2.31. The first kappa shape index (κ1) is 10.6. The third kappa shape index (κ3) is 1.40. The number of epoxide rings is 2. The van der Waals surface area contributed by atoms with E-state index in [1.807, 2.05) is 0 Å². The fraction of sp³-hybridized carbons (Fsp3) is 0.867. The molecular weight excluding hydrogens is 212 g/mol. The molecule has 1 atom stereocenters. The van der Waals surface area contributed by atoms with Crippen LogP contribution in [0.5, 0.6) is 0 Å². The van der Waals surface area contributed by atoms with Gasteiger partial charge in [-0.2, -0.15) is 0 Å². The summed E-state index contributed by atoms with van der Waals surface area (Å²) in [6, 6.07) is 0. The monoisotopic (exact) mass is 234 g/mol. The summed E-state index contributed by atoms with van der Waals surface area (Å²) >= 11 is 0. The van der Waals surface area contributed by atoms with Crippen molar-refractivity contribution in [2.45, 2.75) is 70.4 Å². The molecule has 1 unspecified atom stereocenters. The van der Waals surface area contributed by atoms with E-state index in [-0.39, 0.29) is 17.0 Å². The van der Waals surface area contributed by atoms with Gasteiger partial charge in [-0.05, 0) is 36.2 Å². The lowest BCUT2D eigenvalue weighted by atomic mass is 9.64. The first-order valence-corrected chi connectivity index (χ1v) is 7.10. The molecule has 2 nitrogen and oxygen atoms in total. The van der Waals surface area contributed by atoms with Crippen molar-refractivity contribution < 1.29 is 9.47 Å². The second-order valence-corrected chi connectivity index (χ2v) is 7.34. The van der Waals surface area contributed by atoms with Crippen molar-refractivity contribution in [3.05, 3.63) is 12.2 Å². The third-order valence-electron chi connectivity index (χ3n) is 5.31. The molecule has 1 saturated carbocycles. The molecule has 2 aliphatic heterocycles. The summed E-state index contributed by atoms with van der Waals surface area (Å²) in [6.45, 7) is 4.86. The molecule has 0 aromatic rings. The highest BCUT2D eigenvalue weighted by Crippen LogP contribution is 2.75. The van der Waals surface area contributed by atoms with Crippen LogP contribution in [0.1, 0.15) is 58.8 Å². The van der Waals surface area contributed by atoms with Gasteiger partial charge in [0.1, 0.15) is 0 Å². The largest absolute Gasteiger partial charge is 0.303 e. The van der Waals surface area contributed by atoms with Crippen LogP contribution >= 0.6 is 0 Å². The van der Waals surface area contributed by atoms with E-state index in [2.05, 4.69) is 26.0 Å². The van der Waals surface area contributed by atoms with E-state index in [0.29, 0.717) is 5.41 Å². The smallest absolute Gasteiger partial charge is 0.249 e. The zero-order valence-electron chi connectivity index (χ0n) is 10.9. The van der Waals surface area contributed by atoms with Crippen molar-refractivity contribution in [2.75, 3.05) is 0 Å². The van der Waals surface area contributed by atoms with Crippen LogP contribution in [0.2, 0.25) is 0 Å². The van der Waals surface area contributed by atoms with Gasteiger partial charge >= 0.3 is 0 Å². The molecular formula is C15H22O2. The lowest BCUT2D eigenvalue weighted by Gasteiger charge is -2.41. The fourth-order valence-electron chi connectivity index (χ4n) is 4.42. The standard InChI is InChI=1S/C15H22O2/c1-12(6-4-3-5-7-12)10-13(2)8-9-14-15(11-13,16-14)17-14/h8-9H,3-7,10-11H2,1-2H3. The molecule has 17 heavy (non-hydrogen) atoms. The predicted molar refractivity (Wildman–Crippen MR) is 65.3 cm³/mol. The molecule has 0 aromatic carbocycles. The Morgan fingerprint density at radius 1 is 1.00 bits per heavy atom. The number of hydrogen-bond acceptors (Lipinski definition) is 2. The van der Waals surface area contributed by atoms with Gasteiger partial charge in [-0.15, -0.1) is 0 Å². The van der Waals surface area contributed by atoms with Crippen molar-refractivity contribution in [2.24, 2.45) is 10.8 Å². The normalized spacial score (nSPS) is 53.8. The van der Waals surface area contributed by atoms with E-state index < -0.39 is 0 Å². The van der Waals surface area contributed by atoms with Crippen LogP contribution in [-0.4, -0.2) is 11.6 Å². The molecule has 0 amide bonds. The van der Waals surface area contributed by atoms with Crippen molar-refractivity contribution >= 4 is 0 Å². The van der Waals surface area contributed by atoms with Gasteiger partial charge in [-0.1, -0.05) is 39.2 Å². The Labute approximate surface area is 103 Å². The molecule has 0 radical (unpaired) electrons. The minimum atomic E-state index is -0.250. The maximum atomic E-state index is 5.65. The molecule has 4 rings (SSSR count). The summed E-state index contributed by atoms with van der Waals surface area (Å²) in [4.78, 5) is 0. The van der Waals surface area contributed by atoms with E-state index >= 15 is 0 Å². The van der Waals surface area contributed by atoms with Crippen LogP contribution in [0.15, 0.2) is 12.2 Å². The van der Waals surface area contributed by atoms with Crippen LogP contribution in [0.4, 0.5) is 0 Å². The first-order valence-electron chi connectivity index (χ1n) is 7.10. The zero-order chi connectivity index (χ0) is 11.8. The quantitative estimate of drug-likeness (QED) is 0.537. The summed E-state index contributed by atoms with van der Waals surface area (Å²) in [7, 11) is 0. The van der Waals surface area contributed by atoms with Crippen molar-refractivity contribution in [3.8, 4) is 0 Å². The molecule has 2 aliphatic carbocycles. The average Bonchev–Trinajstić information content (AvgIpc) is 3.02. The summed E-state index contributed by atoms with van der Waals surface area (Å²) in [5.41, 5.74) is 0.820.